The lowest BCUT2D eigenvalue weighted by Crippen LogP contribution is -2.49. The molecule has 1 heterocycles. The third kappa shape index (κ3) is 9.32. The molecule has 2 amide bonds. The number of likely N-dealkylation sites (tertiary alicyclic amines) is 1. The van der Waals surface area contributed by atoms with Gasteiger partial charge >= 0.3 is 6.03 Å². The first-order valence-corrected chi connectivity index (χ1v) is 16.2. The summed E-state index contributed by atoms with van der Waals surface area (Å²) < 4.78 is 31.1. The smallest absolute Gasteiger partial charge is 0.322 e. The van der Waals surface area contributed by atoms with Gasteiger partial charge in [-0.2, -0.15) is 0 Å². The number of ether oxygens (including phenoxy) is 1. The Morgan fingerprint density at radius 1 is 0.952 bits per heavy atom. The highest BCUT2D eigenvalue weighted by Crippen LogP contribution is 2.25. The van der Waals surface area contributed by atoms with E-state index in [0.29, 0.717) is 35.0 Å². The van der Waals surface area contributed by atoms with Crippen LogP contribution >= 0.6 is 0 Å². The first-order valence-electron chi connectivity index (χ1n) is 14.4. The maximum atomic E-state index is 13.3. The van der Waals surface area contributed by atoms with Gasteiger partial charge < -0.3 is 15.0 Å². The second-order valence-electron chi connectivity index (χ2n) is 10.8. The Bertz CT molecular complexity index is 1450. The van der Waals surface area contributed by atoms with Crippen LogP contribution < -0.4 is 14.8 Å². The number of unbranched alkanes of at least 4 members (excludes halogenated alkanes) is 1. The van der Waals surface area contributed by atoms with Crippen molar-refractivity contribution in [1.82, 2.24) is 9.80 Å². The van der Waals surface area contributed by atoms with Gasteiger partial charge in [-0.1, -0.05) is 37.6 Å². The predicted octanol–water partition coefficient (Wildman–Crippen LogP) is 6.35. The molecule has 10 heteroatoms. The molecule has 0 unspecified atom stereocenters. The molecule has 0 bridgehead atoms. The van der Waals surface area contributed by atoms with E-state index in [4.69, 9.17) is 4.74 Å². The first-order chi connectivity index (χ1) is 20.1. The van der Waals surface area contributed by atoms with Crippen LogP contribution in [0, 0.1) is 0 Å². The van der Waals surface area contributed by atoms with Crippen LogP contribution in [0.5, 0.6) is 11.5 Å². The molecule has 0 saturated carbocycles. The number of benzene rings is 3. The number of anilines is 2. The molecule has 2 N–H and O–H groups in total. The molecule has 3 aromatic carbocycles. The third-order valence-electron chi connectivity index (χ3n) is 7.25. The van der Waals surface area contributed by atoms with Gasteiger partial charge in [0.05, 0.1) is 6.26 Å². The number of carbonyl (C=O) groups excluding carboxylic acids is 2. The molecule has 4 rings (SSSR count). The lowest BCUT2D eigenvalue weighted by molar-refractivity contribution is 0.101. The Morgan fingerprint density at radius 3 is 2.19 bits per heavy atom. The van der Waals surface area contributed by atoms with Crippen molar-refractivity contribution >= 4 is 33.2 Å². The monoisotopic (exact) mass is 592 g/mol. The van der Waals surface area contributed by atoms with Gasteiger partial charge in [-0.3, -0.25) is 14.4 Å². The van der Waals surface area contributed by atoms with Gasteiger partial charge in [0.2, 0.25) is 10.0 Å². The molecule has 42 heavy (non-hydrogen) atoms. The fourth-order valence-electron chi connectivity index (χ4n) is 5.04. The van der Waals surface area contributed by atoms with Crippen LogP contribution in [0.25, 0.3) is 0 Å². The summed E-state index contributed by atoms with van der Waals surface area (Å²) in [4.78, 5) is 29.4. The molecular weight excluding hydrogens is 552 g/mol. The van der Waals surface area contributed by atoms with Crippen molar-refractivity contribution in [2.75, 3.05) is 35.9 Å². The molecule has 3 aromatic rings. The SMILES string of the molecule is CCCCN(C(=O)Nc1cccc(C(C)=O)c1)C1CCN(Cc2ccc(Oc3ccc(NS(C)(=O)=O)cc3)cc2)CC1. The number of urea groups is 1. The number of sulfonamides is 1. The Kier molecular flexibility index (Phi) is 10.6. The summed E-state index contributed by atoms with van der Waals surface area (Å²) >= 11 is 0. The topological polar surface area (TPSA) is 108 Å². The van der Waals surface area contributed by atoms with E-state index >= 15 is 0 Å². The minimum Gasteiger partial charge on any atom is -0.457 e. The van der Waals surface area contributed by atoms with Crippen molar-refractivity contribution in [3.63, 3.8) is 0 Å². The van der Waals surface area contributed by atoms with Crippen LogP contribution in [0.2, 0.25) is 0 Å². The minimum absolute atomic E-state index is 0.0282. The molecule has 1 aliphatic rings. The largest absolute Gasteiger partial charge is 0.457 e. The fourth-order valence-corrected chi connectivity index (χ4v) is 5.61. The highest BCUT2D eigenvalue weighted by Gasteiger charge is 2.28. The summed E-state index contributed by atoms with van der Waals surface area (Å²) in [5, 5.41) is 3.01. The number of nitrogens with zero attached hydrogens (tertiary/aromatic N) is 2. The van der Waals surface area contributed by atoms with E-state index in [9.17, 15) is 18.0 Å². The number of nitrogens with one attached hydrogen (secondary N) is 2. The van der Waals surface area contributed by atoms with Gasteiger partial charge in [-0.15, -0.1) is 0 Å². The quantitative estimate of drug-likeness (QED) is 0.237. The van der Waals surface area contributed by atoms with E-state index in [2.05, 4.69) is 34.0 Å². The van der Waals surface area contributed by atoms with E-state index in [0.717, 1.165) is 51.6 Å². The molecule has 0 spiro atoms. The van der Waals surface area contributed by atoms with Crippen LogP contribution in [-0.4, -0.2) is 62.0 Å². The van der Waals surface area contributed by atoms with Gasteiger partial charge in [-0.25, -0.2) is 13.2 Å². The van der Waals surface area contributed by atoms with Crippen LogP contribution in [0.15, 0.2) is 72.8 Å². The van der Waals surface area contributed by atoms with E-state index in [1.807, 2.05) is 23.1 Å². The van der Waals surface area contributed by atoms with Crippen molar-refractivity contribution < 1.29 is 22.7 Å². The normalized spacial score (nSPS) is 14.3. The van der Waals surface area contributed by atoms with E-state index < -0.39 is 10.0 Å². The zero-order chi connectivity index (χ0) is 30.1. The summed E-state index contributed by atoms with van der Waals surface area (Å²) in [5.41, 5.74) is 2.89. The predicted molar refractivity (Wildman–Crippen MR) is 167 cm³/mol. The second kappa shape index (κ2) is 14.3. The minimum atomic E-state index is -3.32. The summed E-state index contributed by atoms with van der Waals surface area (Å²) in [7, 11) is -3.32. The van der Waals surface area contributed by atoms with Gasteiger partial charge in [0.25, 0.3) is 0 Å². The molecule has 0 atom stereocenters. The molecule has 9 nitrogen and oxygen atoms in total. The van der Waals surface area contributed by atoms with Crippen molar-refractivity contribution in [1.29, 1.82) is 0 Å². The van der Waals surface area contributed by atoms with Crippen LogP contribution in [-0.2, 0) is 16.6 Å². The molecule has 1 fully saturated rings. The van der Waals surface area contributed by atoms with Crippen molar-refractivity contribution in [3.05, 3.63) is 83.9 Å². The summed E-state index contributed by atoms with van der Waals surface area (Å²) in [6, 6.07) is 21.9. The number of piperidine rings is 1. The van der Waals surface area contributed by atoms with Crippen molar-refractivity contribution in [3.8, 4) is 11.5 Å². The highest BCUT2D eigenvalue weighted by atomic mass is 32.2. The van der Waals surface area contributed by atoms with Gasteiger partial charge in [-0.05, 0) is 80.3 Å². The zero-order valence-corrected chi connectivity index (χ0v) is 25.3. The standard InChI is InChI=1S/C32H40N4O5S/c1-4-5-19-36(32(38)33-28-8-6-7-26(22-28)24(2)37)29-17-20-35(21-18-29)23-25-9-13-30(14-10-25)41-31-15-11-27(12-16-31)34-42(3,39)40/h6-16,22,29,34H,4-5,17-21,23H2,1-3H3,(H,33,38). The molecule has 224 valence electrons. The van der Waals surface area contributed by atoms with Crippen molar-refractivity contribution in [2.45, 2.75) is 52.1 Å². The van der Waals surface area contributed by atoms with Gasteiger partial charge in [0, 0.05) is 49.2 Å². The first kappa shape index (κ1) is 31.1. The fraction of sp³-hybridized carbons (Fsp3) is 0.375. The molecule has 0 aromatic heterocycles. The Labute approximate surface area is 248 Å². The summed E-state index contributed by atoms with van der Waals surface area (Å²) in [5.74, 6) is 1.29. The van der Waals surface area contributed by atoms with Crippen molar-refractivity contribution in [2.24, 2.45) is 0 Å². The van der Waals surface area contributed by atoms with E-state index in [-0.39, 0.29) is 17.9 Å². The van der Waals surface area contributed by atoms with E-state index in [1.54, 1.807) is 42.5 Å². The average molecular weight is 593 g/mol. The second-order valence-corrected chi connectivity index (χ2v) is 12.5. The Hall–Kier alpha value is -3.89. The molecule has 1 saturated heterocycles. The lowest BCUT2D eigenvalue weighted by atomic mass is 10.0. The third-order valence-corrected chi connectivity index (χ3v) is 7.86. The number of ketones is 1. The number of rotatable bonds is 12. The summed E-state index contributed by atoms with van der Waals surface area (Å²) in [6.45, 7) is 6.96. The Balaban J connectivity index is 1.29. The molecule has 1 aliphatic heterocycles. The molecule has 0 aliphatic carbocycles. The van der Waals surface area contributed by atoms with Crippen LogP contribution in [0.1, 0.15) is 55.5 Å². The zero-order valence-electron chi connectivity index (χ0n) is 24.5. The molecular formula is C32H40N4O5S. The maximum Gasteiger partial charge on any atom is 0.322 e. The average Bonchev–Trinajstić information content (AvgIpc) is 2.95. The maximum absolute atomic E-state index is 13.3. The number of Topliss-reactive ketones (excluding diaryl/α,β-unsaturated/α-hetero) is 1. The van der Waals surface area contributed by atoms with Crippen LogP contribution in [0.3, 0.4) is 0 Å². The van der Waals surface area contributed by atoms with Gasteiger partial charge in [0.1, 0.15) is 11.5 Å². The number of carbonyl (C=O) groups is 2. The van der Waals surface area contributed by atoms with Crippen LogP contribution in [0.4, 0.5) is 16.2 Å². The number of hydrogen-bond donors (Lipinski definition) is 2. The highest BCUT2D eigenvalue weighted by molar-refractivity contribution is 7.92. The molecule has 0 radical (unpaired) electrons. The van der Waals surface area contributed by atoms with Gasteiger partial charge in [0.15, 0.2) is 5.78 Å². The van der Waals surface area contributed by atoms with E-state index in [1.165, 1.54) is 12.5 Å². The lowest BCUT2D eigenvalue weighted by Gasteiger charge is -2.38. The number of hydrogen-bond acceptors (Lipinski definition) is 6. The number of amides is 2. The summed E-state index contributed by atoms with van der Waals surface area (Å²) in [6.07, 6.45) is 4.86. The Morgan fingerprint density at radius 2 is 1.60 bits per heavy atom.